The molecule has 0 aromatic heterocycles. The van der Waals surface area contributed by atoms with E-state index in [1.54, 1.807) is 24.0 Å². The summed E-state index contributed by atoms with van der Waals surface area (Å²) in [6, 6.07) is 4.11. The molecule has 1 heterocycles. The molecule has 1 atom stereocenters. The van der Waals surface area contributed by atoms with Crippen LogP contribution in [0.1, 0.15) is 38.7 Å². The predicted octanol–water partition coefficient (Wildman–Crippen LogP) is 3.68. The number of urea groups is 1. The molecule has 1 saturated heterocycles. The number of likely N-dealkylation sites (N-methyl/N-ethyl adjacent to an activating group) is 1. The minimum Gasteiger partial charge on any atom is -0.319 e. The van der Waals surface area contributed by atoms with Crippen LogP contribution in [0.3, 0.4) is 0 Å². The van der Waals surface area contributed by atoms with Crippen LogP contribution in [0.4, 0.5) is 4.79 Å². The van der Waals surface area contributed by atoms with Crippen LogP contribution in [0.2, 0.25) is 10.0 Å². The first-order valence-corrected chi connectivity index (χ1v) is 9.62. The van der Waals surface area contributed by atoms with Crippen molar-refractivity contribution in [2.45, 2.75) is 38.6 Å². The van der Waals surface area contributed by atoms with E-state index in [0.717, 1.165) is 29.9 Å². The maximum absolute atomic E-state index is 13.0. The van der Waals surface area contributed by atoms with Gasteiger partial charge in [0.1, 0.15) is 12.1 Å². The molecule has 4 amide bonds. The molecule has 1 aliphatic heterocycles. The lowest BCUT2D eigenvalue weighted by Gasteiger charge is -2.25. The van der Waals surface area contributed by atoms with E-state index in [1.807, 2.05) is 13.0 Å². The molecule has 0 bridgehead atoms. The third kappa shape index (κ3) is 3.56. The number of hydrogen-bond donors (Lipinski definition) is 1. The maximum Gasteiger partial charge on any atom is 0.325 e. The maximum atomic E-state index is 13.0. The summed E-state index contributed by atoms with van der Waals surface area (Å²) in [5.41, 5.74) is 0.0497. The molecule has 1 aromatic carbocycles. The van der Waals surface area contributed by atoms with Gasteiger partial charge in [-0.15, -0.1) is 0 Å². The molecule has 0 radical (unpaired) electrons. The molecule has 6 nitrogen and oxygen atoms in total. The van der Waals surface area contributed by atoms with Gasteiger partial charge in [0.15, 0.2) is 0 Å². The number of benzene rings is 1. The Morgan fingerprint density at radius 3 is 2.67 bits per heavy atom. The molecule has 1 N–H and O–H groups in total. The van der Waals surface area contributed by atoms with Gasteiger partial charge in [-0.05, 0) is 45.2 Å². The molecule has 1 aliphatic carbocycles. The van der Waals surface area contributed by atoms with Crippen molar-refractivity contribution < 1.29 is 14.4 Å². The average Bonchev–Trinajstić information content (AvgIpc) is 3.19. The van der Waals surface area contributed by atoms with E-state index in [0.29, 0.717) is 17.1 Å². The Morgan fingerprint density at radius 1 is 1.33 bits per heavy atom. The smallest absolute Gasteiger partial charge is 0.319 e. The molecule has 1 unspecified atom stereocenters. The van der Waals surface area contributed by atoms with E-state index < -0.39 is 17.5 Å². The second kappa shape index (κ2) is 7.52. The highest BCUT2D eigenvalue weighted by atomic mass is 35.5. The SMILES string of the molecule is CCN(C(=O)CN1C(=O)NC(C)(c2ccc(Cl)cc2Cl)C1=O)C1=CCCC1. The van der Waals surface area contributed by atoms with Crippen molar-refractivity contribution in [2.24, 2.45) is 0 Å². The number of carbonyl (C=O) groups excluding carboxylic acids is 3. The fraction of sp³-hybridized carbons (Fsp3) is 0.421. The third-order valence-corrected chi connectivity index (χ3v) is 5.57. The summed E-state index contributed by atoms with van der Waals surface area (Å²) < 4.78 is 0. The highest BCUT2D eigenvalue weighted by Gasteiger charge is 2.50. The lowest BCUT2D eigenvalue weighted by Crippen LogP contribution is -2.44. The quantitative estimate of drug-likeness (QED) is 0.753. The van der Waals surface area contributed by atoms with Gasteiger partial charge in [0.25, 0.3) is 5.91 Å². The number of amides is 4. The summed E-state index contributed by atoms with van der Waals surface area (Å²) in [6.45, 7) is 3.63. The van der Waals surface area contributed by atoms with E-state index in [4.69, 9.17) is 23.2 Å². The second-order valence-electron chi connectivity index (χ2n) is 6.80. The zero-order valence-corrected chi connectivity index (χ0v) is 16.7. The lowest BCUT2D eigenvalue weighted by molar-refractivity contribution is -0.137. The van der Waals surface area contributed by atoms with Gasteiger partial charge in [0.2, 0.25) is 5.91 Å². The number of allylic oxidation sites excluding steroid dienone is 2. The van der Waals surface area contributed by atoms with Gasteiger partial charge < -0.3 is 10.2 Å². The van der Waals surface area contributed by atoms with Crippen molar-refractivity contribution in [2.75, 3.05) is 13.1 Å². The van der Waals surface area contributed by atoms with Gasteiger partial charge >= 0.3 is 6.03 Å². The van der Waals surface area contributed by atoms with Crippen molar-refractivity contribution >= 4 is 41.0 Å². The van der Waals surface area contributed by atoms with Crippen LogP contribution >= 0.6 is 23.2 Å². The Labute approximate surface area is 168 Å². The van der Waals surface area contributed by atoms with Crippen molar-refractivity contribution in [3.05, 3.63) is 45.6 Å². The fourth-order valence-electron chi connectivity index (χ4n) is 3.58. The average molecular weight is 410 g/mol. The number of imide groups is 1. The number of nitrogens with zero attached hydrogens (tertiary/aromatic N) is 2. The minimum atomic E-state index is -1.34. The minimum absolute atomic E-state index is 0.276. The lowest BCUT2D eigenvalue weighted by atomic mass is 9.92. The van der Waals surface area contributed by atoms with E-state index in [2.05, 4.69) is 5.32 Å². The number of hydrogen-bond acceptors (Lipinski definition) is 3. The van der Waals surface area contributed by atoms with Gasteiger partial charge in [0, 0.05) is 27.9 Å². The molecule has 1 fully saturated rings. The first-order valence-electron chi connectivity index (χ1n) is 8.87. The summed E-state index contributed by atoms with van der Waals surface area (Å²) in [5.74, 6) is -0.790. The fourth-order valence-corrected chi connectivity index (χ4v) is 4.17. The van der Waals surface area contributed by atoms with Crippen molar-refractivity contribution in [3.63, 3.8) is 0 Å². The predicted molar refractivity (Wildman–Crippen MR) is 103 cm³/mol. The zero-order chi connectivity index (χ0) is 19.8. The number of nitrogens with one attached hydrogen (secondary N) is 1. The van der Waals surface area contributed by atoms with E-state index in [-0.39, 0.29) is 17.5 Å². The van der Waals surface area contributed by atoms with Crippen LogP contribution in [0.15, 0.2) is 30.0 Å². The Hall–Kier alpha value is -2.05. The number of halogens is 2. The largest absolute Gasteiger partial charge is 0.325 e. The van der Waals surface area contributed by atoms with Crippen LogP contribution in [0, 0.1) is 0 Å². The number of rotatable bonds is 5. The van der Waals surface area contributed by atoms with Gasteiger partial charge in [-0.25, -0.2) is 4.79 Å². The van der Waals surface area contributed by atoms with Crippen LogP contribution in [-0.4, -0.2) is 40.7 Å². The van der Waals surface area contributed by atoms with E-state index >= 15 is 0 Å². The standard InChI is InChI=1S/C19H21Cl2N3O3/c1-3-23(13-6-4-5-7-13)16(25)11-24-17(26)19(2,22-18(24)27)14-9-8-12(20)10-15(14)21/h6,8-10H,3-5,7,11H2,1-2H3,(H,22,27). The van der Waals surface area contributed by atoms with Crippen LogP contribution < -0.4 is 5.32 Å². The molecule has 1 aromatic rings. The molecule has 0 spiro atoms. The Kier molecular flexibility index (Phi) is 5.49. The highest BCUT2D eigenvalue weighted by molar-refractivity contribution is 6.35. The highest BCUT2D eigenvalue weighted by Crippen LogP contribution is 2.35. The summed E-state index contributed by atoms with van der Waals surface area (Å²) in [6.07, 6.45) is 4.81. The Balaban J connectivity index is 1.82. The third-order valence-electron chi connectivity index (χ3n) is 5.02. The zero-order valence-electron chi connectivity index (χ0n) is 15.2. The molecule has 8 heteroatoms. The molecule has 27 heavy (non-hydrogen) atoms. The summed E-state index contributed by atoms with van der Waals surface area (Å²) >= 11 is 12.2. The molecule has 2 aliphatic rings. The van der Waals surface area contributed by atoms with Gasteiger partial charge in [0.05, 0.1) is 0 Å². The summed E-state index contributed by atoms with van der Waals surface area (Å²) in [4.78, 5) is 40.8. The van der Waals surface area contributed by atoms with Crippen LogP contribution in [-0.2, 0) is 15.1 Å². The summed E-state index contributed by atoms with van der Waals surface area (Å²) in [5, 5.41) is 3.37. The van der Waals surface area contributed by atoms with Crippen molar-refractivity contribution in [1.82, 2.24) is 15.1 Å². The normalized spacial score (nSPS) is 22.1. The summed E-state index contributed by atoms with van der Waals surface area (Å²) in [7, 11) is 0. The molecular weight excluding hydrogens is 389 g/mol. The molecule has 3 rings (SSSR count). The number of carbonyl (C=O) groups is 3. The van der Waals surface area contributed by atoms with E-state index in [9.17, 15) is 14.4 Å². The van der Waals surface area contributed by atoms with Gasteiger partial charge in [-0.3, -0.25) is 14.5 Å². The van der Waals surface area contributed by atoms with Crippen LogP contribution in [0.25, 0.3) is 0 Å². The van der Waals surface area contributed by atoms with Gasteiger partial charge in [-0.1, -0.05) is 35.3 Å². The second-order valence-corrected chi connectivity index (χ2v) is 7.64. The molecule has 144 valence electrons. The van der Waals surface area contributed by atoms with Crippen LogP contribution in [0.5, 0.6) is 0 Å². The molecular formula is C19H21Cl2N3O3. The topological polar surface area (TPSA) is 69.7 Å². The van der Waals surface area contributed by atoms with Crippen molar-refractivity contribution in [1.29, 1.82) is 0 Å². The first kappa shape index (κ1) is 19.7. The van der Waals surface area contributed by atoms with Crippen molar-refractivity contribution in [3.8, 4) is 0 Å². The van der Waals surface area contributed by atoms with E-state index in [1.165, 1.54) is 6.07 Å². The Morgan fingerprint density at radius 2 is 2.07 bits per heavy atom. The first-order chi connectivity index (χ1) is 12.8. The molecule has 0 saturated carbocycles. The Bertz CT molecular complexity index is 839. The monoisotopic (exact) mass is 409 g/mol. The van der Waals surface area contributed by atoms with Gasteiger partial charge in [-0.2, -0.15) is 0 Å².